The fraction of sp³-hybridized carbons (Fsp3) is 0.154. The molecule has 0 radical (unpaired) electrons. The molecule has 0 saturated heterocycles. The summed E-state index contributed by atoms with van der Waals surface area (Å²) in [6.45, 7) is 1.07. The number of anilines is 1. The van der Waals surface area contributed by atoms with Crippen molar-refractivity contribution in [1.82, 2.24) is 4.98 Å². The van der Waals surface area contributed by atoms with E-state index in [1.807, 2.05) is 12.1 Å². The van der Waals surface area contributed by atoms with E-state index in [1.165, 1.54) is 12.1 Å². The van der Waals surface area contributed by atoms with Crippen molar-refractivity contribution in [3.63, 3.8) is 0 Å². The molecule has 4 heteroatoms. The monoisotopic (exact) mass is 231 g/mol. The molecule has 2 aromatic rings. The van der Waals surface area contributed by atoms with Gasteiger partial charge in [-0.15, -0.1) is 0 Å². The number of pyridine rings is 1. The van der Waals surface area contributed by atoms with E-state index in [9.17, 15) is 4.39 Å². The standard InChI is InChI=1S/C13H14FN3/c14-12-2-1-3-13(5-12)17-9-11-4-10(6-15)7-16-8-11/h1-5,7-8,17H,6,9,15H2. The highest BCUT2D eigenvalue weighted by atomic mass is 19.1. The Kier molecular flexibility index (Phi) is 3.67. The second kappa shape index (κ2) is 5.41. The van der Waals surface area contributed by atoms with Crippen molar-refractivity contribution in [2.75, 3.05) is 5.32 Å². The third-order valence-electron chi connectivity index (χ3n) is 2.41. The first-order chi connectivity index (χ1) is 8.28. The topological polar surface area (TPSA) is 50.9 Å². The van der Waals surface area contributed by atoms with E-state index in [4.69, 9.17) is 5.73 Å². The number of halogens is 1. The predicted molar refractivity (Wildman–Crippen MR) is 65.9 cm³/mol. The van der Waals surface area contributed by atoms with E-state index in [0.29, 0.717) is 13.1 Å². The minimum absolute atomic E-state index is 0.246. The van der Waals surface area contributed by atoms with Gasteiger partial charge in [-0.2, -0.15) is 0 Å². The molecule has 1 aromatic carbocycles. The highest BCUT2D eigenvalue weighted by Gasteiger charge is 1.97. The van der Waals surface area contributed by atoms with E-state index in [-0.39, 0.29) is 5.82 Å². The van der Waals surface area contributed by atoms with Crippen molar-refractivity contribution in [3.05, 3.63) is 59.7 Å². The molecule has 88 valence electrons. The zero-order valence-electron chi connectivity index (χ0n) is 9.36. The molecule has 0 atom stereocenters. The lowest BCUT2D eigenvalue weighted by Crippen LogP contribution is -2.03. The number of aromatic nitrogens is 1. The number of hydrogen-bond acceptors (Lipinski definition) is 3. The van der Waals surface area contributed by atoms with Crippen molar-refractivity contribution < 1.29 is 4.39 Å². The summed E-state index contributed by atoms with van der Waals surface area (Å²) in [7, 11) is 0. The van der Waals surface area contributed by atoms with Gasteiger partial charge in [-0.05, 0) is 35.4 Å². The molecule has 0 aliphatic carbocycles. The maximum Gasteiger partial charge on any atom is 0.125 e. The molecule has 1 aromatic heterocycles. The van der Waals surface area contributed by atoms with Crippen LogP contribution in [-0.4, -0.2) is 4.98 Å². The van der Waals surface area contributed by atoms with E-state index in [2.05, 4.69) is 10.3 Å². The van der Waals surface area contributed by atoms with Crippen LogP contribution in [0.4, 0.5) is 10.1 Å². The fourth-order valence-corrected chi connectivity index (χ4v) is 1.55. The van der Waals surface area contributed by atoms with Gasteiger partial charge in [-0.25, -0.2) is 4.39 Å². The summed E-state index contributed by atoms with van der Waals surface area (Å²) in [5, 5.41) is 3.13. The van der Waals surface area contributed by atoms with Crippen LogP contribution in [0.15, 0.2) is 42.7 Å². The summed E-state index contributed by atoms with van der Waals surface area (Å²) in [6.07, 6.45) is 3.51. The van der Waals surface area contributed by atoms with Crippen LogP contribution >= 0.6 is 0 Å². The van der Waals surface area contributed by atoms with E-state index >= 15 is 0 Å². The lowest BCUT2D eigenvalue weighted by molar-refractivity contribution is 0.628. The van der Waals surface area contributed by atoms with Crippen molar-refractivity contribution in [3.8, 4) is 0 Å². The van der Waals surface area contributed by atoms with Gasteiger partial charge < -0.3 is 11.1 Å². The van der Waals surface area contributed by atoms with E-state index in [0.717, 1.165) is 16.8 Å². The third kappa shape index (κ3) is 3.26. The summed E-state index contributed by atoms with van der Waals surface area (Å²) in [5.41, 5.74) is 8.30. The van der Waals surface area contributed by atoms with Crippen molar-refractivity contribution >= 4 is 5.69 Å². The molecule has 0 spiro atoms. The second-order valence-electron chi connectivity index (χ2n) is 3.77. The van der Waals surface area contributed by atoms with Crippen LogP contribution in [0.3, 0.4) is 0 Å². The molecule has 1 heterocycles. The van der Waals surface area contributed by atoms with Gasteiger partial charge in [-0.3, -0.25) is 4.98 Å². The summed E-state index contributed by atoms with van der Waals surface area (Å²) in [4.78, 5) is 4.09. The highest BCUT2D eigenvalue weighted by Crippen LogP contribution is 2.11. The van der Waals surface area contributed by atoms with Gasteiger partial charge in [0.15, 0.2) is 0 Å². The number of nitrogens with two attached hydrogens (primary N) is 1. The highest BCUT2D eigenvalue weighted by molar-refractivity contribution is 5.43. The molecular formula is C13H14FN3. The number of rotatable bonds is 4. The lowest BCUT2D eigenvalue weighted by Gasteiger charge is -2.07. The maximum absolute atomic E-state index is 12.9. The molecule has 0 unspecified atom stereocenters. The number of nitrogens with zero attached hydrogens (tertiary/aromatic N) is 1. The molecule has 0 bridgehead atoms. The minimum atomic E-state index is -0.246. The Hall–Kier alpha value is -1.94. The van der Waals surface area contributed by atoms with Gasteiger partial charge in [0.05, 0.1) is 0 Å². The molecule has 0 fully saturated rings. The first kappa shape index (κ1) is 11.5. The third-order valence-corrected chi connectivity index (χ3v) is 2.41. The molecule has 0 aliphatic heterocycles. The Morgan fingerprint density at radius 2 is 2.00 bits per heavy atom. The van der Waals surface area contributed by atoms with Gasteiger partial charge in [0.1, 0.15) is 5.82 Å². The number of benzene rings is 1. The Balaban J connectivity index is 2.02. The normalized spacial score (nSPS) is 10.2. The molecule has 3 nitrogen and oxygen atoms in total. The van der Waals surface area contributed by atoms with Crippen LogP contribution in [0.1, 0.15) is 11.1 Å². The van der Waals surface area contributed by atoms with Crippen LogP contribution in [-0.2, 0) is 13.1 Å². The zero-order chi connectivity index (χ0) is 12.1. The maximum atomic E-state index is 12.9. The van der Waals surface area contributed by atoms with Crippen LogP contribution in [0.2, 0.25) is 0 Å². The van der Waals surface area contributed by atoms with Gasteiger partial charge in [0.25, 0.3) is 0 Å². The van der Waals surface area contributed by atoms with Crippen LogP contribution in [0, 0.1) is 5.82 Å². The molecule has 0 aliphatic rings. The summed E-state index contributed by atoms with van der Waals surface area (Å²) < 4.78 is 12.9. The Labute approximate surface area is 99.5 Å². The molecular weight excluding hydrogens is 217 g/mol. The first-order valence-corrected chi connectivity index (χ1v) is 5.40. The van der Waals surface area contributed by atoms with Crippen molar-refractivity contribution in [2.45, 2.75) is 13.1 Å². The Bertz CT molecular complexity index is 500. The van der Waals surface area contributed by atoms with Gasteiger partial charge >= 0.3 is 0 Å². The molecule has 2 rings (SSSR count). The molecule has 3 N–H and O–H groups in total. The summed E-state index contributed by atoms with van der Waals surface area (Å²) in [6, 6.07) is 8.36. The van der Waals surface area contributed by atoms with Crippen LogP contribution in [0.5, 0.6) is 0 Å². The smallest absolute Gasteiger partial charge is 0.125 e. The number of hydrogen-bond donors (Lipinski definition) is 2. The van der Waals surface area contributed by atoms with Gasteiger partial charge in [-0.1, -0.05) is 6.07 Å². The SMILES string of the molecule is NCc1cncc(CNc2cccc(F)c2)c1. The quantitative estimate of drug-likeness (QED) is 0.848. The van der Waals surface area contributed by atoms with E-state index < -0.39 is 0 Å². The first-order valence-electron chi connectivity index (χ1n) is 5.40. The Morgan fingerprint density at radius 1 is 1.18 bits per heavy atom. The van der Waals surface area contributed by atoms with Crippen LogP contribution < -0.4 is 11.1 Å². The van der Waals surface area contributed by atoms with E-state index in [1.54, 1.807) is 18.5 Å². The average Bonchev–Trinajstić information content (AvgIpc) is 2.37. The van der Waals surface area contributed by atoms with Crippen molar-refractivity contribution in [2.24, 2.45) is 5.73 Å². The fourth-order valence-electron chi connectivity index (χ4n) is 1.55. The molecule has 0 saturated carbocycles. The van der Waals surface area contributed by atoms with Crippen LogP contribution in [0.25, 0.3) is 0 Å². The van der Waals surface area contributed by atoms with Gasteiger partial charge in [0.2, 0.25) is 0 Å². The average molecular weight is 231 g/mol. The lowest BCUT2D eigenvalue weighted by atomic mass is 10.2. The minimum Gasteiger partial charge on any atom is -0.381 e. The Morgan fingerprint density at radius 3 is 2.76 bits per heavy atom. The number of nitrogens with one attached hydrogen (secondary N) is 1. The largest absolute Gasteiger partial charge is 0.381 e. The molecule has 0 amide bonds. The van der Waals surface area contributed by atoms with Gasteiger partial charge in [0, 0.05) is 31.2 Å². The molecule has 17 heavy (non-hydrogen) atoms. The summed E-state index contributed by atoms with van der Waals surface area (Å²) in [5.74, 6) is -0.246. The zero-order valence-corrected chi connectivity index (χ0v) is 9.36. The van der Waals surface area contributed by atoms with Crippen molar-refractivity contribution in [1.29, 1.82) is 0 Å². The predicted octanol–water partition coefficient (Wildman–Crippen LogP) is 2.29. The summed E-state index contributed by atoms with van der Waals surface area (Å²) >= 11 is 0. The second-order valence-corrected chi connectivity index (χ2v) is 3.77.